The third kappa shape index (κ3) is 4.12. The van der Waals surface area contributed by atoms with Crippen molar-refractivity contribution in [2.75, 3.05) is 44.7 Å². The number of anilines is 1. The van der Waals surface area contributed by atoms with E-state index in [2.05, 4.69) is 34.1 Å². The van der Waals surface area contributed by atoms with Crippen LogP contribution in [0.4, 0.5) is 5.69 Å². The van der Waals surface area contributed by atoms with Crippen LogP contribution in [0, 0.1) is 0 Å². The minimum atomic E-state index is 0.613. The second-order valence-electron chi connectivity index (χ2n) is 7.58. The number of benzene rings is 2. The molecule has 1 fully saturated rings. The summed E-state index contributed by atoms with van der Waals surface area (Å²) in [5, 5.41) is 0. The van der Waals surface area contributed by atoms with Crippen molar-refractivity contribution >= 4 is 17.5 Å². The van der Waals surface area contributed by atoms with Gasteiger partial charge in [0.2, 0.25) is 6.29 Å². The summed E-state index contributed by atoms with van der Waals surface area (Å²) in [7, 11) is 1.71. The summed E-state index contributed by atoms with van der Waals surface area (Å²) >= 11 is 0. The molecule has 1 saturated heterocycles. The van der Waals surface area contributed by atoms with Gasteiger partial charge in [-0.2, -0.15) is 0 Å². The molecule has 0 atom stereocenters. The van der Waals surface area contributed by atoms with Gasteiger partial charge >= 0.3 is 0 Å². The van der Waals surface area contributed by atoms with E-state index in [1.165, 1.54) is 36.1 Å². The minimum Gasteiger partial charge on any atom is -0.497 e. The van der Waals surface area contributed by atoms with Crippen LogP contribution in [0.3, 0.4) is 0 Å². The lowest BCUT2D eigenvalue weighted by molar-refractivity contribution is 0.277. The molecule has 145 valence electrons. The van der Waals surface area contributed by atoms with Gasteiger partial charge in [-0.15, -0.1) is 0 Å². The van der Waals surface area contributed by atoms with Crippen molar-refractivity contribution in [3.63, 3.8) is 0 Å². The fourth-order valence-electron chi connectivity index (χ4n) is 4.30. The molecule has 4 heteroatoms. The summed E-state index contributed by atoms with van der Waals surface area (Å²) in [5.41, 5.74) is 6.29. The molecular formula is C24H27N2O2. The lowest BCUT2D eigenvalue weighted by Crippen LogP contribution is -2.46. The quantitative estimate of drug-likeness (QED) is 0.766. The van der Waals surface area contributed by atoms with Gasteiger partial charge in [-0.05, 0) is 66.8 Å². The molecule has 0 unspecified atom stereocenters. The number of carbonyl (C=O) groups excluding carboxylic acids is 1. The van der Waals surface area contributed by atoms with Crippen molar-refractivity contribution in [3.05, 3.63) is 65.2 Å². The molecule has 0 amide bonds. The predicted octanol–water partition coefficient (Wildman–Crippen LogP) is 3.91. The average Bonchev–Trinajstić information content (AvgIpc) is 3.22. The van der Waals surface area contributed by atoms with Crippen LogP contribution < -0.4 is 9.64 Å². The maximum atomic E-state index is 10.7. The van der Waals surface area contributed by atoms with Crippen molar-refractivity contribution in [1.82, 2.24) is 4.90 Å². The molecule has 1 aliphatic heterocycles. The number of hydrogen-bond donors (Lipinski definition) is 0. The second kappa shape index (κ2) is 8.61. The first-order chi connectivity index (χ1) is 13.8. The Morgan fingerprint density at radius 3 is 2.29 bits per heavy atom. The molecule has 4 nitrogen and oxygen atoms in total. The smallest absolute Gasteiger partial charge is 0.233 e. The van der Waals surface area contributed by atoms with Gasteiger partial charge in [0.05, 0.1) is 7.11 Å². The largest absolute Gasteiger partial charge is 0.497 e. The van der Waals surface area contributed by atoms with Crippen LogP contribution in [-0.4, -0.2) is 51.0 Å². The molecule has 1 aliphatic carbocycles. The molecule has 2 aromatic rings. The lowest BCUT2D eigenvalue weighted by Gasteiger charge is -2.36. The topological polar surface area (TPSA) is 32.8 Å². The Bertz CT molecular complexity index is 832. The molecule has 0 bridgehead atoms. The number of allylic oxidation sites excluding steroid dienone is 1. The highest BCUT2D eigenvalue weighted by Crippen LogP contribution is 2.35. The number of ether oxygens (including phenoxy) is 1. The molecule has 0 aromatic heterocycles. The van der Waals surface area contributed by atoms with Crippen LogP contribution in [-0.2, 0) is 4.79 Å². The Labute approximate surface area is 167 Å². The summed E-state index contributed by atoms with van der Waals surface area (Å²) in [4.78, 5) is 15.7. The molecule has 1 heterocycles. The van der Waals surface area contributed by atoms with E-state index in [0.717, 1.165) is 38.5 Å². The highest BCUT2D eigenvalue weighted by molar-refractivity contribution is 5.76. The fourth-order valence-corrected chi connectivity index (χ4v) is 4.30. The summed E-state index contributed by atoms with van der Waals surface area (Å²) < 4.78 is 5.29. The Morgan fingerprint density at radius 2 is 1.64 bits per heavy atom. The molecular weight excluding hydrogens is 348 g/mol. The van der Waals surface area contributed by atoms with E-state index in [1.807, 2.05) is 30.6 Å². The first-order valence-electron chi connectivity index (χ1n) is 10.1. The molecule has 4 rings (SSSR count). The zero-order valence-electron chi connectivity index (χ0n) is 16.5. The number of piperazine rings is 1. The molecule has 1 radical (unpaired) electrons. The van der Waals surface area contributed by atoms with E-state index >= 15 is 0 Å². The van der Waals surface area contributed by atoms with E-state index in [-0.39, 0.29) is 0 Å². The summed E-state index contributed by atoms with van der Waals surface area (Å²) in [6.07, 6.45) is 5.60. The van der Waals surface area contributed by atoms with Crippen LogP contribution in [0.2, 0.25) is 0 Å². The van der Waals surface area contributed by atoms with E-state index in [1.54, 1.807) is 12.7 Å². The van der Waals surface area contributed by atoms with Crippen LogP contribution in [0.25, 0.3) is 5.57 Å². The number of rotatable bonds is 6. The molecule has 0 N–H and O–H groups in total. The SMILES string of the molecule is COc1ccc(C2=C(CN3CCN(c4ccc([C]=O)cc4)CC3)CCC2)cc1. The maximum absolute atomic E-state index is 10.7. The number of nitrogens with zero attached hydrogens (tertiary/aromatic N) is 2. The highest BCUT2D eigenvalue weighted by Gasteiger charge is 2.22. The van der Waals surface area contributed by atoms with Gasteiger partial charge in [-0.3, -0.25) is 9.69 Å². The standard InChI is InChI=1S/C24H27N2O2/c1-28-23-11-7-20(8-12-23)24-4-2-3-21(24)17-25-13-15-26(16-14-25)22-9-5-19(18-27)6-10-22/h5-12H,2-4,13-17H2,1H3. The van der Waals surface area contributed by atoms with Crippen molar-refractivity contribution in [2.45, 2.75) is 19.3 Å². The van der Waals surface area contributed by atoms with Crippen molar-refractivity contribution in [3.8, 4) is 5.75 Å². The van der Waals surface area contributed by atoms with Gasteiger partial charge in [-0.25, -0.2) is 0 Å². The van der Waals surface area contributed by atoms with Crippen LogP contribution >= 0.6 is 0 Å². The van der Waals surface area contributed by atoms with Crippen molar-refractivity contribution in [1.29, 1.82) is 0 Å². The Balaban J connectivity index is 1.38. The van der Waals surface area contributed by atoms with Gasteiger partial charge in [0.25, 0.3) is 0 Å². The Hall–Kier alpha value is -2.59. The van der Waals surface area contributed by atoms with E-state index in [9.17, 15) is 4.79 Å². The van der Waals surface area contributed by atoms with E-state index < -0.39 is 0 Å². The zero-order valence-corrected chi connectivity index (χ0v) is 16.5. The van der Waals surface area contributed by atoms with Crippen LogP contribution in [0.5, 0.6) is 5.75 Å². The summed E-state index contributed by atoms with van der Waals surface area (Å²) in [6.45, 7) is 5.26. The van der Waals surface area contributed by atoms with Gasteiger partial charge in [-0.1, -0.05) is 17.7 Å². The van der Waals surface area contributed by atoms with Gasteiger partial charge in [0.15, 0.2) is 0 Å². The lowest BCUT2D eigenvalue weighted by atomic mass is 10.0. The molecule has 0 saturated carbocycles. The molecule has 28 heavy (non-hydrogen) atoms. The van der Waals surface area contributed by atoms with Crippen LogP contribution in [0.15, 0.2) is 54.1 Å². The first-order valence-corrected chi connectivity index (χ1v) is 10.1. The fraction of sp³-hybridized carbons (Fsp3) is 0.375. The van der Waals surface area contributed by atoms with Gasteiger partial charge < -0.3 is 9.64 Å². The van der Waals surface area contributed by atoms with Gasteiger partial charge in [0, 0.05) is 44.0 Å². The third-order valence-corrected chi connectivity index (χ3v) is 5.91. The van der Waals surface area contributed by atoms with Gasteiger partial charge in [0.1, 0.15) is 5.75 Å². The first kappa shape index (κ1) is 18.8. The maximum Gasteiger partial charge on any atom is 0.233 e. The highest BCUT2D eigenvalue weighted by atomic mass is 16.5. The zero-order chi connectivity index (χ0) is 19.3. The summed E-state index contributed by atoms with van der Waals surface area (Å²) in [6, 6.07) is 16.2. The summed E-state index contributed by atoms with van der Waals surface area (Å²) in [5.74, 6) is 0.916. The Kier molecular flexibility index (Phi) is 5.77. The molecule has 2 aliphatic rings. The number of methoxy groups -OCH3 is 1. The van der Waals surface area contributed by atoms with Crippen molar-refractivity contribution in [2.24, 2.45) is 0 Å². The van der Waals surface area contributed by atoms with E-state index in [0.29, 0.717) is 5.56 Å². The monoisotopic (exact) mass is 375 g/mol. The van der Waals surface area contributed by atoms with Crippen LogP contribution in [0.1, 0.15) is 30.4 Å². The predicted molar refractivity (Wildman–Crippen MR) is 114 cm³/mol. The Morgan fingerprint density at radius 1 is 0.929 bits per heavy atom. The van der Waals surface area contributed by atoms with Crippen molar-refractivity contribution < 1.29 is 9.53 Å². The van der Waals surface area contributed by atoms with E-state index in [4.69, 9.17) is 4.74 Å². The second-order valence-corrected chi connectivity index (χ2v) is 7.58. The molecule has 0 spiro atoms. The average molecular weight is 375 g/mol. The number of hydrogen-bond acceptors (Lipinski definition) is 4. The molecule has 2 aromatic carbocycles. The third-order valence-electron chi connectivity index (χ3n) is 5.91. The normalized spacial score (nSPS) is 17.8. The minimum absolute atomic E-state index is 0.613.